The fourth-order valence-electron chi connectivity index (χ4n) is 6.23. The largest absolute Gasteiger partial charge is 0.492 e. The molecule has 12 heteroatoms. The van der Waals surface area contributed by atoms with E-state index in [9.17, 15) is 14.4 Å². The van der Waals surface area contributed by atoms with Gasteiger partial charge in [0.25, 0.3) is 11.8 Å². The zero-order valence-corrected chi connectivity index (χ0v) is 25.4. The molecule has 4 heterocycles. The lowest BCUT2D eigenvalue weighted by Crippen LogP contribution is -2.38. The van der Waals surface area contributed by atoms with Gasteiger partial charge in [-0.25, -0.2) is 15.1 Å². The van der Waals surface area contributed by atoms with Gasteiger partial charge < -0.3 is 23.7 Å². The first kappa shape index (κ1) is 30.1. The maximum absolute atomic E-state index is 13.4. The van der Waals surface area contributed by atoms with Crippen LogP contribution in [-0.2, 0) is 32.1 Å². The molecule has 6 rings (SSSR count). The Hall–Kier alpha value is -3.97. The summed E-state index contributed by atoms with van der Waals surface area (Å²) in [5, 5.41) is 1.02. The highest BCUT2D eigenvalue weighted by Crippen LogP contribution is 2.42. The van der Waals surface area contributed by atoms with Gasteiger partial charge in [0.2, 0.25) is 0 Å². The number of likely N-dealkylation sites (N-methyl/N-ethyl adjacent to an activating group) is 1. The summed E-state index contributed by atoms with van der Waals surface area (Å²) >= 11 is 0. The summed E-state index contributed by atoms with van der Waals surface area (Å²) in [6.07, 6.45) is 0.708. The van der Waals surface area contributed by atoms with Crippen LogP contribution in [0.3, 0.4) is 0 Å². The number of methoxy groups -OCH3 is 1. The van der Waals surface area contributed by atoms with Crippen LogP contribution in [0.4, 0.5) is 4.79 Å². The van der Waals surface area contributed by atoms with Gasteiger partial charge in [0, 0.05) is 63.3 Å². The lowest BCUT2D eigenvalue weighted by Gasteiger charge is -2.29. The molecule has 2 unspecified atom stereocenters. The molecule has 0 aliphatic carbocycles. The van der Waals surface area contributed by atoms with Crippen molar-refractivity contribution in [1.29, 1.82) is 0 Å². The van der Waals surface area contributed by atoms with Gasteiger partial charge in [-0.2, -0.15) is 0 Å². The first-order valence-corrected chi connectivity index (χ1v) is 15.1. The molecule has 2 aromatic carbocycles. The van der Waals surface area contributed by atoms with Crippen molar-refractivity contribution in [3.05, 3.63) is 64.8 Å². The van der Waals surface area contributed by atoms with Crippen molar-refractivity contribution in [2.45, 2.75) is 38.6 Å². The van der Waals surface area contributed by atoms with Gasteiger partial charge in [-0.1, -0.05) is 19.1 Å². The van der Waals surface area contributed by atoms with Crippen LogP contribution in [-0.4, -0.2) is 104 Å². The third-order valence-electron chi connectivity index (χ3n) is 8.67. The topological polar surface area (TPSA) is 115 Å². The number of hydrogen-bond donors (Lipinski definition) is 1. The average molecular weight is 606 g/mol. The number of fused-ring (bicyclic) bond motifs is 5. The molecule has 2 saturated heterocycles. The summed E-state index contributed by atoms with van der Waals surface area (Å²) in [4.78, 5) is 49.4. The minimum atomic E-state index is -0.677. The van der Waals surface area contributed by atoms with E-state index in [0.717, 1.165) is 66.3 Å². The van der Waals surface area contributed by atoms with Crippen molar-refractivity contribution in [3.63, 3.8) is 0 Å². The highest BCUT2D eigenvalue weighted by Gasteiger charge is 2.48. The molecule has 3 aliphatic rings. The van der Waals surface area contributed by atoms with Crippen LogP contribution < -0.4 is 10.2 Å². The third-order valence-corrected chi connectivity index (χ3v) is 8.67. The van der Waals surface area contributed by atoms with Crippen LogP contribution in [0.5, 0.6) is 5.75 Å². The van der Waals surface area contributed by atoms with Crippen LogP contribution in [0.15, 0.2) is 42.5 Å². The third kappa shape index (κ3) is 5.77. The number of rotatable bonds is 11. The van der Waals surface area contributed by atoms with Gasteiger partial charge in [0.05, 0.1) is 18.9 Å². The smallest absolute Gasteiger partial charge is 0.327 e. The molecule has 0 saturated carbocycles. The minimum absolute atomic E-state index is 0.226. The van der Waals surface area contributed by atoms with Crippen molar-refractivity contribution < 1.29 is 33.4 Å². The number of imide groups is 1. The predicted octanol–water partition coefficient (Wildman–Crippen LogP) is 2.94. The summed E-state index contributed by atoms with van der Waals surface area (Å²) < 4.78 is 18.9. The van der Waals surface area contributed by atoms with E-state index in [1.54, 1.807) is 24.1 Å². The van der Waals surface area contributed by atoms with Crippen molar-refractivity contribution in [2.75, 3.05) is 60.2 Å². The number of carbonyl (C=O) groups is 3. The number of ether oxygens (including phenoxy) is 3. The van der Waals surface area contributed by atoms with Gasteiger partial charge in [-0.15, -0.1) is 0 Å². The Bertz CT molecular complexity index is 1530. The van der Waals surface area contributed by atoms with Crippen molar-refractivity contribution >= 4 is 28.7 Å². The van der Waals surface area contributed by atoms with E-state index in [-0.39, 0.29) is 17.8 Å². The van der Waals surface area contributed by atoms with E-state index in [0.29, 0.717) is 38.1 Å². The molecule has 234 valence electrons. The average Bonchev–Trinajstić information content (AvgIpc) is 3.48. The number of aromatic nitrogens is 1. The van der Waals surface area contributed by atoms with Crippen molar-refractivity contribution in [1.82, 2.24) is 24.7 Å². The molecule has 44 heavy (non-hydrogen) atoms. The lowest BCUT2D eigenvalue weighted by molar-refractivity contribution is -0.154. The maximum Gasteiger partial charge on any atom is 0.327 e. The summed E-state index contributed by atoms with van der Waals surface area (Å²) in [7, 11) is 3.06. The van der Waals surface area contributed by atoms with Gasteiger partial charge in [0.1, 0.15) is 12.4 Å². The lowest BCUT2D eigenvalue weighted by atomic mass is 9.97. The number of amides is 4. The maximum atomic E-state index is 13.4. The second kappa shape index (κ2) is 12.9. The van der Waals surface area contributed by atoms with E-state index in [1.807, 2.05) is 31.2 Å². The van der Waals surface area contributed by atoms with Crippen LogP contribution in [0.2, 0.25) is 0 Å². The fourth-order valence-corrected chi connectivity index (χ4v) is 6.23. The molecule has 1 aromatic heterocycles. The molecule has 4 amide bonds. The summed E-state index contributed by atoms with van der Waals surface area (Å²) in [6.45, 7) is 7.53. The van der Waals surface area contributed by atoms with Crippen LogP contribution in [0, 0.1) is 0 Å². The Morgan fingerprint density at radius 2 is 1.86 bits per heavy atom. The number of hydrogen-bond acceptors (Lipinski definition) is 8. The molecule has 2 atom stereocenters. The molecule has 0 radical (unpaired) electrons. The Labute approximate surface area is 256 Å². The molecule has 1 N–H and O–H groups in total. The Kier molecular flexibility index (Phi) is 8.85. The molecule has 3 aliphatic heterocycles. The standard InChI is InChI=1S/C32H39N5O7/c1-4-27(41-3)44-33-30(38)22-7-5-21(6-8-22)20-37-26-10-9-23(43-18-15-35-13-16-42-17-14-35)19-25(26)24-11-12-36-29(28(24)37)31(39)34(2)32(36)40/h5-10,19,27,29H,4,11-18,20H2,1-3H3,(H,33,38). The zero-order chi connectivity index (χ0) is 30.8. The van der Waals surface area contributed by atoms with E-state index in [2.05, 4.69) is 21.0 Å². The summed E-state index contributed by atoms with van der Waals surface area (Å²) in [5.41, 5.74) is 6.69. The number of nitrogens with zero attached hydrogens (tertiary/aromatic N) is 4. The number of nitrogens with one attached hydrogen (secondary N) is 1. The normalized spacial score (nSPS) is 19.3. The Balaban J connectivity index is 1.28. The van der Waals surface area contributed by atoms with Crippen LogP contribution in [0.1, 0.15) is 46.6 Å². The van der Waals surface area contributed by atoms with Gasteiger partial charge in [-0.05, 0) is 54.3 Å². The first-order chi connectivity index (χ1) is 21.4. The minimum Gasteiger partial charge on any atom is -0.492 e. The molecular formula is C32H39N5O7. The van der Waals surface area contributed by atoms with Crippen molar-refractivity contribution in [2.24, 2.45) is 0 Å². The molecule has 0 bridgehead atoms. The molecule has 0 spiro atoms. The van der Waals surface area contributed by atoms with Crippen LogP contribution >= 0.6 is 0 Å². The molecule has 3 aromatic rings. The van der Waals surface area contributed by atoms with Gasteiger partial charge in [-0.3, -0.25) is 19.4 Å². The molecule has 2 fully saturated rings. The quantitative estimate of drug-likeness (QED) is 0.202. The highest BCUT2D eigenvalue weighted by molar-refractivity contribution is 6.05. The Morgan fingerprint density at radius 1 is 1.09 bits per heavy atom. The number of benzene rings is 2. The SMILES string of the molecule is CCC(OC)ONC(=O)c1ccc(Cn2c3c(c4cc(OCCN5CCOCC5)ccc42)CCN2C(=O)N(C)C(=O)C32)cc1. The number of morpholine rings is 1. The predicted molar refractivity (Wildman–Crippen MR) is 161 cm³/mol. The van der Waals surface area contributed by atoms with Gasteiger partial charge in [0.15, 0.2) is 12.3 Å². The monoisotopic (exact) mass is 605 g/mol. The number of carbonyl (C=O) groups excluding carboxylic acids is 3. The van der Waals surface area contributed by atoms with Crippen LogP contribution in [0.25, 0.3) is 10.9 Å². The highest BCUT2D eigenvalue weighted by atomic mass is 16.8. The molecule has 12 nitrogen and oxygen atoms in total. The first-order valence-electron chi connectivity index (χ1n) is 15.1. The summed E-state index contributed by atoms with van der Waals surface area (Å²) in [5.74, 6) is 0.177. The van der Waals surface area contributed by atoms with E-state index in [4.69, 9.17) is 19.0 Å². The van der Waals surface area contributed by atoms with E-state index >= 15 is 0 Å². The van der Waals surface area contributed by atoms with E-state index < -0.39 is 12.3 Å². The molecular weight excluding hydrogens is 566 g/mol. The van der Waals surface area contributed by atoms with Crippen molar-refractivity contribution in [3.8, 4) is 5.75 Å². The second-order valence-corrected chi connectivity index (χ2v) is 11.3. The van der Waals surface area contributed by atoms with Gasteiger partial charge >= 0.3 is 6.03 Å². The summed E-state index contributed by atoms with van der Waals surface area (Å²) in [6, 6.07) is 12.4. The zero-order valence-electron chi connectivity index (χ0n) is 25.4. The number of urea groups is 1. The number of hydroxylamine groups is 1. The Morgan fingerprint density at radius 3 is 2.59 bits per heavy atom. The second-order valence-electron chi connectivity index (χ2n) is 11.3. The van der Waals surface area contributed by atoms with E-state index in [1.165, 1.54) is 12.0 Å². The fraction of sp³-hybridized carbons (Fsp3) is 0.469.